The van der Waals surface area contributed by atoms with Crippen LogP contribution in [0, 0.1) is 18.8 Å². The van der Waals surface area contributed by atoms with Gasteiger partial charge in [0.05, 0.1) is 36.7 Å². The summed E-state index contributed by atoms with van der Waals surface area (Å²) in [6, 6.07) is 9.14. The minimum atomic E-state index is -0.652. The standard InChI is InChI=1S/C22H20O5S/c1-10-13(9-16(28-10)11-3-5-12(6-4-11)22(25)26-2)17-20(23)18-14-7-8-15(27-14)19(18)21(17)24/h3-6,9,14-15,17-19H,7-8H2,1-2H3/t14-,15+,17?,18+,19-. The molecule has 3 aliphatic rings. The largest absolute Gasteiger partial charge is 0.465 e. The summed E-state index contributed by atoms with van der Waals surface area (Å²) in [6.45, 7) is 1.96. The number of fused-ring (bicyclic) bond motifs is 5. The lowest BCUT2D eigenvalue weighted by Gasteiger charge is -2.16. The number of ether oxygens (including phenoxy) is 2. The molecule has 6 heteroatoms. The molecule has 0 spiro atoms. The lowest BCUT2D eigenvalue weighted by atomic mass is 9.81. The molecule has 5 rings (SSSR count). The van der Waals surface area contributed by atoms with Gasteiger partial charge in [0.15, 0.2) is 11.6 Å². The highest BCUT2D eigenvalue weighted by molar-refractivity contribution is 7.15. The molecule has 1 aliphatic carbocycles. The molecule has 0 radical (unpaired) electrons. The fourth-order valence-corrected chi connectivity index (χ4v) is 6.11. The molecule has 28 heavy (non-hydrogen) atoms. The van der Waals surface area contributed by atoms with Crippen molar-refractivity contribution in [1.29, 1.82) is 0 Å². The third-order valence-corrected chi connectivity index (χ3v) is 7.47. The summed E-state index contributed by atoms with van der Waals surface area (Å²) in [6.07, 6.45) is 1.64. The Labute approximate surface area is 166 Å². The summed E-state index contributed by atoms with van der Waals surface area (Å²) in [4.78, 5) is 39.8. The zero-order valence-electron chi connectivity index (χ0n) is 15.6. The second-order valence-electron chi connectivity index (χ2n) is 7.77. The first-order chi connectivity index (χ1) is 13.5. The van der Waals surface area contributed by atoms with Crippen LogP contribution in [0.5, 0.6) is 0 Å². The van der Waals surface area contributed by atoms with Crippen molar-refractivity contribution in [3.63, 3.8) is 0 Å². The molecule has 5 atom stereocenters. The molecule has 1 unspecified atom stereocenters. The Morgan fingerprint density at radius 2 is 1.68 bits per heavy atom. The van der Waals surface area contributed by atoms with Crippen molar-refractivity contribution < 1.29 is 23.9 Å². The fourth-order valence-electron chi connectivity index (χ4n) is 5.05. The number of hydrogen-bond donors (Lipinski definition) is 0. The van der Waals surface area contributed by atoms with E-state index in [0.29, 0.717) is 5.56 Å². The molecule has 3 fully saturated rings. The minimum absolute atomic E-state index is 0.0377. The van der Waals surface area contributed by atoms with Gasteiger partial charge >= 0.3 is 5.97 Å². The number of aryl methyl sites for hydroxylation is 1. The smallest absolute Gasteiger partial charge is 0.337 e. The summed E-state index contributed by atoms with van der Waals surface area (Å²) in [5.74, 6) is -1.45. The normalized spacial score (nSPS) is 30.7. The van der Waals surface area contributed by atoms with Gasteiger partial charge in [-0.1, -0.05) is 12.1 Å². The first-order valence-electron chi connectivity index (χ1n) is 9.51. The number of hydrogen-bond acceptors (Lipinski definition) is 6. The molecule has 144 valence electrons. The molecule has 2 saturated heterocycles. The molecule has 2 aliphatic heterocycles. The van der Waals surface area contributed by atoms with Crippen LogP contribution in [0.3, 0.4) is 0 Å². The van der Waals surface area contributed by atoms with E-state index < -0.39 is 5.92 Å². The molecule has 2 aromatic rings. The Kier molecular flexibility index (Phi) is 4.03. The quantitative estimate of drug-likeness (QED) is 0.586. The summed E-state index contributed by atoms with van der Waals surface area (Å²) in [5, 5.41) is 0. The van der Waals surface area contributed by atoms with Gasteiger partial charge in [-0.15, -0.1) is 11.3 Å². The van der Waals surface area contributed by atoms with Crippen LogP contribution in [0.25, 0.3) is 10.4 Å². The molecular weight excluding hydrogens is 376 g/mol. The van der Waals surface area contributed by atoms with Gasteiger partial charge in [-0.3, -0.25) is 9.59 Å². The number of carbonyl (C=O) groups is 3. The lowest BCUT2D eigenvalue weighted by molar-refractivity contribution is -0.127. The van der Waals surface area contributed by atoms with Crippen molar-refractivity contribution in [1.82, 2.24) is 0 Å². The first kappa shape index (κ1) is 17.8. The van der Waals surface area contributed by atoms with Crippen LogP contribution in [0.15, 0.2) is 30.3 Å². The molecule has 0 amide bonds. The minimum Gasteiger partial charge on any atom is -0.465 e. The van der Waals surface area contributed by atoms with Gasteiger partial charge in [0.2, 0.25) is 0 Å². The Bertz CT molecular complexity index is 961. The maximum Gasteiger partial charge on any atom is 0.337 e. The monoisotopic (exact) mass is 396 g/mol. The zero-order chi connectivity index (χ0) is 19.6. The van der Waals surface area contributed by atoms with Crippen LogP contribution in [-0.4, -0.2) is 36.9 Å². The van der Waals surface area contributed by atoms with Crippen LogP contribution in [0.2, 0.25) is 0 Å². The number of thiophene rings is 1. The Balaban J connectivity index is 1.46. The van der Waals surface area contributed by atoms with E-state index >= 15 is 0 Å². The third kappa shape index (κ3) is 2.44. The van der Waals surface area contributed by atoms with Crippen molar-refractivity contribution in [2.24, 2.45) is 11.8 Å². The van der Waals surface area contributed by atoms with Gasteiger partial charge in [0.1, 0.15) is 5.92 Å². The molecule has 1 aromatic heterocycles. The third-order valence-electron chi connectivity index (χ3n) is 6.36. The van der Waals surface area contributed by atoms with Crippen molar-refractivity contribution >= 4 is 28.9 Å². The van der Waals surface area contributed by atoms with Gasteiger partial charge in [-0.2, -0.15) is 0 Å². The molecule has 1 aromatic carbocycles. The van der Waals surface area contributed by atoms with Crippen molar-refractivity contribution in [3.8, 4) is 10.4 Å². The summed E-state index contributed by atoms with van der Waals surface area (Å²) in [7, 11) is 1.35. The van der Waals surface area contributed by atoms with Crippen LogP contribution >= 0.6 is 11.3 Å². The van der Waals surface area contributed by atoms with E-state index in [1.54, 1.807) is 23.5 Å². The predicted octanol–water partition coefficient (Wildman–Crippen LogP) is 3.54. The van der Waals surface area contributed by atoms with Gasteiger partial charge in [-0.05, 0) is 49.1 Å². The maximum atomic E-state index is 13.1. The number of rotatable bonds is 3. The number of ketones is 2. The first-order valence-corrected chi connectivity index (χ1v) is 10.3. The van der Waals surface area contributed by atoms with E-state index in [9.17, 15) is 14.4 Å². The van der Waals surface area contributed by atoms with Crippen molar-refractivity contribution in [2.45, 2.75) is 37.9 Å². The van der Waals surface area contributed by atoms with Crippen molar-refractivity contribution in [2.75, 3.05) is 7.11 Å². The lowest BCUT2D eigenvalue weighted by Crippen LogP contribution is -2.29. The number of benzene rings is 1. The van der Waals surface area contributed by atoms with Crippen LogP contribution < -0.4 is 0 Å². The van der Waals surface area contributed by atoms with E-state index in [4.69, 9.17) is 9.47 Å². The fraction of sp³-hybridized carbons (Fsp3) is 0.409. The van der Waals surface area contributed by atoms with Gasteiger partial charge in [0, 0.05) is 9.75 Å². The zero-order valence-corrected chi connectivity index (χ0v) is 16.5. The molecule has 3 heterocycles. The molecule has 5 nitrogen and oxygen atoms in total. The van der Waals surface area contributed by atoms with E-state index in [1.807, 2.05) is 25.1 Å². The van der Waals surface area contributed by atoms with E-state index in [0.717, 1.165) is 33.7 Å². The van der Waals surface area contributed by atoms with Crippen molar-refractivity contribution in [3.05, 3.63) is 46.3 Å². The van der Waals surface area contributed by atoms with E-state index in [-0.39, 0.29) is 41.6 Å². The number of Topliss-reactive ketones (excluding diaryl/α,β-unsaturated/α-hetero) is 2. The second-order valence-corrected chi connectivity index (χ2v) is 9.03. The van der Waals surface area contributed by atoms with Crippen LogP contribution in [-0.2, 0) is 19.1 Å². The SMILES string of the molecule is COC(=O)c1ccc(-c2cc(C3C(=O)[C@@H]4[C@H](C3=O)[C@@H]3CC[C@H]4O3)c(C)s2)cc1. The Hall–Kier alpha value is -2.31. The second kappa shape index (κ2) is 6.36. The number of methoxy groups -OCH3 is 1. The highest BCUT2D eigenvalue weighted by atomic mass is 32.1. The highest BCUT2D eigenvalue weighted by Gasteiger charge is 2.63. The molecule has 0 N–H and O–H groups in total. The Morgan fingerprint density at radius 3 is 2.25 bits per heavy atom. The predicted molar refractivity (Wildman–Crippen MR) is 103 cm³/mol. The van der Waals surface area contributed by atoms with E-state index in [1.165, 1.54) is 7.11 Å². The van der Waals surface area contributed by atoms with Gasteiger partial charge < -0.3 is 9.47 Å². The average Bonchev–Trinajstić information content (AvgIpc) is 3.46. The van der Waals surface area contributed by atoms with Crippen LogP contribution in [0.4, 0.5) is 0 Å². The average molecular weight is 396 g/mol. The number of carbonyl (C=O) groups excluding carboxylic acids is 3. The van der Waals surface area contributed by atoms with Gasteiger partial charge in [0.25, 0.3) is 0 Å². The molecular formula is C22H20O5S. The van der Waals surface area contributed by atoms with E-state index in [2.05, 4.69) is 0 Å². The number of esters is 1. The molecule has 2 bridgehead atoms. The molecule has 1 saturated carbocycles. The summed E-state index contributed by atoms with van der Waals surface area (Å²) < 4.78 is 10.6. The Morgan fingerprint density at radius 1 is 1.07 bits per heavy atom. The van der Waals surface area contributed by atoms with Crippen LogP contribution in [0.1, 0.15) is 39.6 Å². The topological polar surface area (TPSA) is 69.7 Å². The summed E-state index contributed by atoms with van der Waals surface area (Å²) in [5.41, 5.74) is 2.28. The van der Waals surface area contributed by atoms with Gasteiger partial charge in [-0.25, -0.2) is 4.79 Å². The maximum absolute atomic E-state index is 13.1. The summed E-state index contributed by atoms with van der Waals surface area (Å²) >= 11 is 1.57. The highest BCUT2D eigenvalue weighted by Crippen LogP contribution is 2.53.